The van der Waals surface area contributed by atoms with Crippen LogP contribution >= 0.6 is 0 Å². The van der Waals surface area contributed by atoms with Crippen LogP contribution in [0.25, 0.3) is 0 Å². The van der Waals surface area contributed by atoms with Gasteiger partial charge in [0.2, 0.25) is 6.79 Å². The van der Waals surface area contributed by atoms with Crippen LogP contribution in [0.3, 0.4) is 0 Å². The summed E-state index contributed by atoms with van der Waals surface area (Å²) in [6.07, 6.45) is 1.88. The highest BCUT2D eigenvalue weighted by Gasteiger charge is 2.45. The van der Waals surface area contributed by atoms with Crippen LogP contribution in [0.5, 0.6) is 17.2 Å². The number of fused-ring (bicyclic) bond motifs is 1. The molecule has 5 nitrogen and oxygen atoms in total. The molecule has 0 atom stereocenters. The number of carbonyl (C=O) groups excluding carboxylic acids is 1. The van der Waals surface area contributed by atoms with Crippen molar-refractivity contribution in [3.05, 3.63) is 53.6 Å². The van der Waals surface area contributed by atoms with E-state index >= 15 is 0 Å². The lowest BCUT2D eigenvalue weighted by Crippen LogP contribution is -2.34. The Balaban J connectivity index is 1.53. The normalized spacial score (nSPS) is 16.7. The first-order valence-corrected chi connectivity index (χ1v) is 7.57. The molecule has 1 amide bonds. The number of nitrogens with one attached hydrogen (secondary N) is 1. The van der Waals surface area contributed by atoms with Crippen molar-refractivity contribution in [2.24, 2.45) is 0 Å². The predicted molar refractivity (Wildman–Crippen MR) is 83.9 cm³/mol. The molecule has 23 heavy (non-hydrogen) atoms. The van der Waals surface area contributed by atoms with Crippen LogP contribution in [-0.4, -0.2) is 19.8 Å². The summed E-state index contributed by atoms with van der Waals surface area (Å²) in [4.78, 5) is 12.6. The highest BCUT2D eigenvalue weighted by molar-refractivity contribution is 5.95. The van der Waals surface area contributed by atoms with Crippen LogP contribution in [0, 0.1) is 0 Å². The molecule has 1 aliphatic heterocycles. The van der Waals surface area contributed by atoms with Gasteiger partial charge in [-0.15, -0.1) is 0 Å². The van der Waals surface area contributed by atoms with Crippen LogP contribution < -0.4 is 19.5 Å². The molecular formula is C18H17NO4. The van der Waals surface area contributed by atoms with Crippen molar-refractivity contribution in [1.29, 1.82) is 0 Å². The summed E-state index contributed by atoms with van der Waals surface area (Å²) >= 11 is 0. The maximum atomic E-state index is 12.6. The van der Waals surface area contributed by atoms with Crippen molar-refractivity contribution in [1.82, 2.24) is 5.32 Å². The van der Waals surface area contributed by atoms with Gasteiger partial charge in [0, 0.05) is 5.56 Å². The van der Waals surface area contributed by atoms with Crippen LogP contribution in [0.15, 0.2) is 42.5 Å². The molecule has 118 valence electrons. The van der Waals surface area contributed by atoms with Crippen LogP contribution in [-0.2, 0) is 5.54 Å². The van der Waals surface area contributed by atoms with Gasteiger partial charge in [-0.1, -0.05) is 12.1 Å². The van der Waals surface area contributed by atoms with Gasteiger partial charge in [-0.3, -0.25) is 4.79 Å². The summed E-state index contributed by atoms with van der Waals surface area (Å²) in [5.41, 5.74) is 1.42. The molecule has 0 unspecified atom stereocenters. The molecule has 4 rings (SSSR count). The summed E-state index contributed by atoms with van der Waals surface area (Å²) in [5, 5.41) is 3.15. The van der Waals surface area contributed by atoms with Crippen LogP contribution in [0.4, 0.5) is 0 Å². The minimum atomic E-state index is -0.264. The number of amides is 1. The van der Waals surface area contributed by atoms with Gasteiger partial charge < -0.3 is 19.5 Å². The van der Waals surface area contributed by atoms with Crippen molar-refractivity contribution >= 4 is 5.91 Å². The fourth-order valence-electron chi connectivity index (χ4n) is 2.85. The lowest BCUT2D eigenvalue weighted by molar-refractivity contribution is 0.0930. The zero-order valence-corrected chi connectivity index (χ0v) is 12.8. The van der Waals surface area contributed by atoms with E-state index in [4.69, 9.17) is 14.2 Å². The highest BCUT2D eigenvalue weighted by Crippen LogP contribution is 2.46. The fraction of sp³-hybridized carbons (Fsp3) is 0.278. The summed E-state index contributed by atoms with van der Waals surface area (Å²) in [5.74, 6) is 2.01. The highest BCUT2D eigenvalue weighted by atomic mass is 16.7. The van der Waals surface area contributed by atoms with E-state index in [1.807, 2.05) is 24.3 Å². The summed E-state index contributed by atoms with van der Waals surface area (Å²) in [6, 6.07) is 13.1. The zero-order chi connectivity index (χ0) is 15.9. The van der Waals surface area contributed by atoms with E-state index < -0.39 is 0 Å². The first-order chi connectivity index (χ1) is 11.2. The molecule has 2 aliphatic rings. The Bertz CT molecular complexity index is 750. The summed E-state index contributed by atoms with van der Waals surface area (Å²) in [6.45, 7) is 0.205. The molecule has 0 radical (unpaired) electrons. The van der Waals surface area contributed by atoms with Crippen molar-refractivity contribution in [2.75, 3.05) is 13.9 Å². The molecule has 0 aromatic heterocycles. The molecule has 0 spiro atoms. The van der Waals surface area contributed by atoms with Crippen molar-refractivity contribution in [3.8, 4) is 17.2 Å². The summed E-state index contributed by atoms with van der Waals surface area (Å²) in [7, 11) is 1.64. The molecule has 1 fully saturated rings. The second kappa shape index (κ2) is 5.19. The first-order valence-electron chi connectivity index (χ1n) is 7.57. The second-order valence-electron chi connectivity index (χ2n) is 5.83. The standard InChI is InChI=1S/C18H17NO4/c1-21-14-5-3-13(4-6-14)18(8-9-18)19-17(20)12-2-7-15-16(10-12)23-11-22-15/h2-7,10H,8-9,11H2,1H3,(H,19,20). The molecule has 0 bridgehead atoms. The van der Waals surface area contributed by atoms with Crippen molar-refractivity contribution < 1.29 is 19.0 Å². The number of rotatable bonds is 4. The molecule has 1 aliphatic carbocycles. The quantitative estimate of drug-likeness (QED) is 0.943. The maximum absolute atomic E-state index is 12.6. The predicted octanol–water partition coefficient (Wildman–Crippen LogP) is 2.84. The van der Waals surface area contributed by atoms with Gasteiger partial charge >= 0.3 is 0 Å². The molecule has 2 aromatic rings. The van der Waals surface area contributed by atoms with Gasteiger partial charge in [0.05, 0.1) is 12.6 Å². The smallest absolute Gasteiger partial charge is 0.252 e. The van der Waals surface area contributed by atoms with E-state index in [0.29, 0.717) is 17.1 Å². The Morgan fingerprint density at radius 3 is 2.52 bits per heavy atom. The number of ether oxygens (including phenoxy) is 3. The third kappa shape index (κ3) is 2.48. The lowest BCUT2D eigenvalue weighted by Gasteiger charge is -2.18. The van der Waals surface area contributed by atoms with Crippen molar-refractivity contribution in [3.63, 3.8) is 0 Å². The third-order valence-corrected chi connectivity index (χ3v) is 4.38. The first kappa shape index (κ1) is 13.9. The molecular weight excluding hydrogens is 294 g/mol. The maximum Gasteiger partial charge on any atom is 0.252 e. The molecule has 1 N–H and O–H groups in total. The second-order valence-corrected chi connectivity index (χ2v) is 5.83. The van der Waals surface area contributed by atoms with E-state index in [2.05, 4.69) is 5.32 Å². The van der Waals surface area contributed by atoms with Crippen LogP contribution in [0.1, 0.15) is 28.8 Å². The van der Waals surface area contributed by atoms with E-state index in [1.54, 1.807) is 25.3 Å². The van der Waals surface area contributed by atoms with Gasteiger partial charge in [-0.05, 0) is 48.7 Å². The Hall–Kier alpha value is -2.69. The number of carbonyl (C=O) groups is 1. The number of methoxy groups -OCH3 is 1. The van der Waals surface area contributed by atoms with Gasteiger partial charge in [0.15, 0.2) is 11.5 Å². The molecule has 5 heteroatoms. The van der Waals surface area contributed by atoms with Gasteiger partial charge in [0.1, 0.15) is 5.75 Å². The molecule has 2 aromatic carbocycles. The Kier molecular flexibility index (Phi) is 3.15. The van der Waals surface area contributed by atoms with E-state index in [1.165, 1.54) is 0 Å². The van der Waals surface area contributed by atoms with Crippen LogP contribution in [0.2, 0.25) is 0 Å². The Labute approximate surface area is 134 Å². The molecule has 1 saturated carbocycles. The van der Waals surface area contributed by atoms with Crippen molar-refractivity contribution in [2.45, 2.75) is 18.4 Å². The number of hydrogen-bond acceptors (Lipinski definition) is 4. The molecule has 1 heterocycles. The molecule has 0 saturated heterocycles. The average molecular weight is 311 g/mol. The zero-order valence-electron chi connectivity index (χ0n) is 12.8. The van der Waals surface area contributed by atoms with E-state index in [-0.39, 0.29) is 18.2 Å². The number of benzene rings is 2. The Morgan fingerprint density at radius 2 is 1.83 bits per heavy atom. The van der Waals surface area contributed by atoms with Gasteiger partial charge in [-0.25, -0.2) is 0 Å². The monoisotopic (exact) mass is 311 g/mol. The van der Waals surface area contributed by atoms with E-state index in [0.717, 1.165) is 24.2 Å². The Morgan fingerprint density at radius 1 is 1.09 bits per heavy atom. The average Bonchev–Trinajstić information content (AvgIpc) is 3.21. The SMILES string of the molecule is COc1ccc(C2(NC(=O)c3ccc4c(c3)OCO4)CC2)cc1. The minimum Gasteiger partial charge on any atom is -0.497 e. The topological polar surface area (TPSA) is 56.8 Å². The van der Waals surface area contributed by atoms with E-state index in [9.17, 15) is 4.79 Å². The third-order valence-electron chi connectivity index (χ3n) is 4.38. The largest absolute Gasteiger partial charge is 0.497 e. The van der Waals surface area contributed by atoms with Gasteiger partial charge in [0.25, 0.3) is 5.91 Å². The lowest BCUT2D eigenvalue weighted by atomic mass is 10.0. The van der Waals surface area contributed by atoms with Gasteiger partial charge in [-0.2, -0.15) is 0 Å². The summed E-state index contributed by atoms with van der Waals surface area (Å²) < 4.78 is 15.8. The number of hydrogen-bond donors (Lipinski definition) is 1. The minimum absolute atomic E-state index is 0.100. The fourth-order valence-corrected chi connectivity index (χ4v) is 2.85.